The molecule has 0 spiro atoms. The fraction of sp³-hybridized carbons (Fsp3) is 0. The van der Waals surface area contributed by atoms with Crippen molar-refractivity contribution in [2.45, 2.75) is 0 Å². The molecule has 1 aromatic heterocycles. The lowest BCUT2D eigenvalue weighted by atomic mass is 10.3. The topological polar surface area (TPSA) is 76.0 Å². The van der Waals surface area contributed by atoms with E-state index in [9.17, 15) is 0 Å². The van der Waals surface area contributed by atoms with Crippen LogP contribution >= 0.6 is 0 Å². The van der Waals surface area contributed by atoms with Crippen LogP contribution in [0.3, 0.4) is 0 Å². The Morgan fingerprint density at radius 1 is 1.31 bits per heavy atom. The van der Waals surface area contributed by atoms with Gasteiger partial charge in [0.1, 0.15) is 6.21 Å². The molecule has 2 N–H and O–H groups in total. The van der Waals surface area contributed by atoms with Crippen LogP contribution in [-0.2, 0) is 0 Å². The summed E-state index contributed by atoms with van der Waals surface area (Å²) in [7, 11) is 0. The van der Waals surface area contributed by atoms with Crippen LogP contribution in [0.5, 0.6) is 0 Å². The maximum atomic E-state index is 5.65. The minimum Gasteiger partial charge on any atom is -0.363 e. The number of fused-ring (bicyclic) bond motifs is 1. The lowest BCUT2D eigenvalue weighted by Crippen LogP contribution is -2.44. The monoisotopic (exact) mass is 213 g/mol. The number of quaternary nitrogens is 1. The van der Waals surface area contributed by atoms with Crippen LogP contribution in [0.15, 0.2) is 52.0 Å². The Balaban J connectivity index is 2.21. The Bertz CT molecular complexity index is 542. The van der Waals surface area contributed by atoms with Crippen LogP contribution in [0.2, 0.25) is 0 Å². The molecule has 0 bridgehead atoms. The molecule has 6 heteroatoms. The van der Waals surface area contributed by atoms with Crippen LogP contribution in [-0.4, -0.2) is 23.0 Å². The summed E-state index contributed by atoms with van der Waals surface area (Å²) in [6.45, 7) is 0. The van der Waals surface area contributed by atoms with Gasteiger partial charge in [0.15, 0.2) is 11.9 Å². The maximum absolute atomic E-state index is 5.65. The number of pyridine rings is 1. The Labute approximate surface area is 91.7 Å². The third kappa shape index (κ3) is 1.10. The first-order chi connectivity index (χ1) is 7.81. The molecule has 0 aliphatic carbocycles. The number of guanidine groups is 1. The Morgan fingerprint density at radius 3 is 3.06 bits per heavy atom. The van der Waals surface area contributed by atoms with Gasteiger partial charge in [-0.15, -0.1) is 0 Å². The third-order valence-corrected chi connectivity index (χ3v) is 2.44. The zero-order valence-corrected chi connectivity index (χ0v) is 8.35. The van der Waals surface area contributed by atoms with Gasteiger partial charge < -0.3 is 5.73 Å². The Hall–Kier alpha value is -2.34. The Kier molecular flexibility index (Phi) is 1.72. The van der Waals surface area contributed by atoms with E-state index in [4.69, 9.17) is 5.73 Å². The maximum Gasteiger partial charge on any atom is 0.286 e. The Morgan fingerprint density at radius 2 is 2.25 bits per heavy atom. The summed E-state index contributed by atoms with van der Waals surface area (Å²) in [4.78, 5) is 12.3. The molecule has 1 atom stereocenters. The molecule has 0 amide bonds. The van der Waals surface area contributed by atoms with Crippen LogP contribution in [0.4, 0.5) is 5.69 Å². The molecule has 0 aromatic carbocycles. The van der Waals surface area contributed by atoms with E-state index in [1.165, 1.54) is 0 Å². The number of hydrogen-bond donors (Lipinski definition) is 1. The molecule has 3 heterocycles. The standard InChI is InChI=1S/C10H9N6/c11-10-14-9-7-13-4-5-16(9,15-10)8-2-1-3-12-6-8/h1-7H,(H2,11,15)/q+1. The van der Waals surface area contributed by atoms with Gasteiger partial charge in [-0.1, -0.05) is 4.59 Å². The van der Waals surface area contributed by atoms with Crippen molar-refractivity contribution < 1.29 is 0 Å². The van der Waals surface area contributed by atoms with Crippen LogP contribution in [0.1, 0.15) is 0 Å². The summed E-state index contributed by atoms with van der Waals surface area (Å²) in [5, 5.41) is 4.32. The number of amidine groups is 1. The van der Waals surface area contributed by atoms with E-state index in [0.29, 0.717) is 5.84 Å². The summed E-state index contributed by atoms with van der Waals surface area (Å²) < 4.78 is 0.114. The molecule has 2 aliphatic rings. The van der Waals surface area contributed by atoms with Gasteiger partial charge in [-0.2, -0.15) is 4.99 Å². The molecular formula is C10H9N6+. The second kappa shape index (κ2) is 3.07. The molecule has 0 radical (unpaired) electrons. The molecular weight excluding hydrogens is 204 g/mol. The molecule has 1 unspecified atom stereocenters. The SMILES string of the molecule is NC1=N[N+]2(c3cccnc3)C=CN=CC2=N1. The van der Waals surface area contributed by atoms with E-state index in [2.05, 4.69) is 20.1 Å². The van der Waals surface area contributed by atoms with Gasteiger partial charge >= 0.3 is 0 Å². The molecule has 0 saturated heterocycles. The highest BCUT2D eigenvalue weighted by Crippen LogP contribution is 2.28. The van der Waals surface area contributed by atoms with Crippen LogP contribution in [0, 0.1) is 0 Å². The van der Waals surface area contributed by atoms with Crippen LogP contribution in [0.25, 0.3) is 0 Å². The van der Waals surface area contributed by atoms with Crippen molar-refractivity contribution in [2.24, 2.45) is 20.8 Å². The van der Waals surface area contributed by atoms with Gasteiger partial charge in [0, 0.05) is 12.3 Å². The molecule has 3 rings (SSSR count). The summed E-state index contributed by atoms with van der Waals surface area (Å²) in [6.07, 6.45) is 8.59. The summed E-state index contributed by atoms with van der Waals surface area (Å²) in [5.41, 5.74) is 6.53. The minimum atomic E-state index is 0.114. The van der Waals surface area contributed by atoms with E-state index in [0.717, 1.165) is 5.69 Å². The lowest BCUT2D eigenvalue weighted by Gasteiger charge is -2.22. The summed E-state index contributed by atoms with van der Waals surface area (Å²) in [5.74, 6) is 0.921. The first-order valence-corrected chi connectivity index (χ1v) is 4.76. The van der Waals surface area contributed by atoms with Crippen molar-refractivity contribution in [3.63, 3.8) is 0 Å². The lowest BCUT2D eigenvalue weighted by molar-refractivity contribution is 0.590. The van der Waals surface area contributed by atoms with Gasteiger partial charge in [-0.05, 0) is 11.2 Å². The van der Waals surface area contributed by atoms with Crippen molar-refractivity contribution in [3.8, 4) is 0 Å². The highest BCUT2D eigenvalue weighted by molar-refractivity contribution is 6.37. The van der Waals surface area contributed by atoms with Crippen molar-refractivity contribution in [2.75, 3.05) is 0 Å². The zero-order chi connectivity index (χ0) is 11.0. The average molecular weight is 213 g/mol. The van der Waals surface area contributed by atoms with Crippen molar-refractivity contribution >= 4 is 23.7 Å². The number of nitrogens with zero attached hydrogens (tertiary/aromatic N) is 5. The van der Waals surface area contributed by atoms with Crippen molar-refractivity contribution in [1.82, 2.24) is 9.58 Å². The minimum absolute atomic E-state index is 0.114. The predicted molar refractivity (Wildman–Crippen MR) is 62.7 cm³/mol. The third-order valence-electron chi connectivity index (χ3n) is 2.44. The number of nitrogens with two attached hydrogens (primary N) is 1. The zero-order valence-electron chi connectivity index (χ0n) is 8.35. The molecule has 0 fully saturated rings. The highest BCUT2D eigenvalue weighted by Gasteiger charge is 2.42. The van der Waals surface area contributed by atoms with E-state index >= 15 is 0 Å². The predicted octanol–water partition coefficient (Wildman–Crippen LogP) is 0.586. The van der Waals surface area contributed by atoms with Gasteiger partial charge in [0.2, 0.25) is 0 Å². The number of hydrogen-bond acceptors (Lipinski definition) is 5. The molecule has 1 aromatic rings. The number of aromatic nitrogens is 1. The fourth-order valence-corrected chi connectivity index (χ4v) is 1.73. The van der Waals surface area contributed by atoms with E-state index in [1.54, 1.807) is 24.8 Å². The number of aliphatic imine (C=N–C) groups is 2. The van der Waals surface area contributed by atoms with E-state index in [-0.39, 0.29) is 10.6 Å². The fourth-order valence-electron chi connectivity index (χ4n) is 1.73. The first kappa shape index (κ1) is 8.93. The normalized spacial score (nSPS) is 26.2. The van der Waals surface area contributed by atoms with E-state index < -0.39 is 0 Å². The summed E-state index contributed by atoms with van der Waals surface area (Å²) in [6, 6.07) is 3.78. The smallest absolute Gasteiger partial charge is 0.286 e. The highest BCUT2D eigenvalue weighted by atomic mass is 15.7. The van der Waals surface area contributed by atoms with Gasteiger partial charge in [-0.25, -0.2) is 0 Å². The van der Waals surface area contributed by atoms with Crippen LogP contribution < -0.4 is 10.3 Å². The molecule has 0 saturated carbocycles. The van der Waals surface area contributed by atoms with Gasteiger partial charge in [0.05, 0.1) is 12.4 Å². The number of rotatable bonds is 1. The molecule has 16 heavy (non-hydrogen) atoms. The van der Waals surface area contributed by atoms with Crippen molar-refractivity contribution in [3.05, 3.63) is 36.9 Å². The molecule has 6 nitrogen and oxygen atoms in total. The second-order valence-corrected chi connectivity index (χ2v) is 3.40. The van der Waals surface area contributed by atoms with Gasteiger partial charge in [0.25, 0.3) is 11.8 Å². The molecule has 2 aliphatic heterocycles. The average Bonchev–Trinajstić information content (AvgIpc) is 2.67. The quantitative estimate of drug-likeness (QED) is 0.693. The summed E-state index contributed by atoms with van der Waals surface area (Å²) >= 11 is 0. The van der Waals surface area contributed by atoms with Crippen molar-refractivity contribution in [1.29, 1.82) is 0 Å². The first-order valence-electron chi connectivity index (χ1n) is 4.76. The largest absolute Gasteiger partial charge is 0.363 e. The second-order valence-electron chi connectivity index (χ2n) is 3.40. The van der Waals surface area contributed by atoms with Gasteiger partial charge in [-0.3, -0.25) is 9.98 Å². The van der Waals surface area contributed by atoms with E-state index in [1.807, 2.05) is 18.3 Å². The molecule has 78 valence electrons.